The molecule has 2 atom stereocenters. The van der Waals surface area contributed by atoms with Gasteiger partial charge in [-0.05, 0) is 25.5 Å². The second kappa shape index (κ2) is 6.47. The third-order valence-corrected chi connectivity index (χ3v) is 4.77. The summed E-state index contributed by atoms with van der Waals surface area (Å²) in [5, 5.41) is 20.1. The van der Waals surface area contributed by atoms with Gasteiger partial charge in [-0.1, -0.05) is 12.1 Å². The first-order valence-corrected chi connectivity index (χ1v) is 8.10. The van der Waals surface area contributed by atoms with Crippen molar-refractivity contribution in [3.8, 4) is 0 Å². The summed E-state index contributed by atoms with van der Waals surface area (Å²) in [6, 6.07) is 7.56. The molecule has 2 N–H and O–H groups in total. The van der Waals surface area contributed by atoms with E-state index in [-0.39, 0.29) is 12.5 Å². The number of nitrogens with zero attached hydrogens (tertiary/aromatic N) is 2. The number of piperidine rings is 1. The summed E-state index contributed by atoms with van der Waals surface area (Å²) in [4.78, 5) is 16.7. The fourth-order valence-electron chi connectivity index (χ4n) is 3.11. The van der Waals surface area contributed by atoms with E-state index < -0.39 is 11.7 Å². The molecule has 0 aliphatic carbocycles. The lowest BCUT2D eigenvalue weighted by atomic mass is 9.90. The quantitative estimate of drug-likeness (QED) is 0.829. The minimum atomic E-state index is -1.12. The Balaban J connectivity index is 1.80. The van der Waals surface area contributed by atoms with Gasteiger partial charge in [0.15, 0.2) is 0 Å². The molecule has 0 saturated carbocycles. The van der Waals surface area contributed by atoms with Gasteiger partial charge in [0.2, 0.25) is 0 Å². The standard InChI is InChI=1S/C17H24N2O4/c1-17(22)6-7-19(12-15(17)20)16(21)13-4-2-3-5-14(13)18-8-10-23-11-9-18/h2-5,15,20,22H,6-12H2,1H3/t15-,17+/m0/s1. The number of para-hydroxylation sites is 1. The molecule has 23 heavy (non-hydrogen) atoms. The van der Waals surface area contributed by atoms with E-state index >= 15 is 0 Å². The van der Waals surface area contributed by atoms with Crippen LogP contribution >= 0.6 is 0 Å². The van der Waals surface area contributed by atoms with Gasteiger partial charge in [-0.3, -0.25) is 4.79 Å². The van der Waals surface area contributed by atoms with Crippen molar-refractivity contribution in [2.75, 3.05) is 44.3 Å². The van der Waals surface area contributed by atoms with Crippen molar-refractivity contribution in [1.29, 1.82) is 0 Å². The number of hydrogen-bond donors (Lipinski definition) is 2. The fraction of sp³-hybridized carbons (Fsp3) is 0.588. The molecule has 2 aliphatic heterocycles. The molecule has 0 spiro atoms. The smallest absolute Gasteiger partial charge is 0.256 e. The van der Waals surface area contributed by atoms with Crippen LogP contribution in [0.2, 0.25) is 0 Å². The summed E-state index contributed by atoms with van der Waals surface area (Å²) in [6.45, 7) is 5.07. The number of ether oxygens (including phenoxy) is 1. The molecule has 6 nitrogen and oxygen atoms in total. The van der Waals surface area contributed by atoms with Crippen molar-refractivity contribution in [3.63, 3.8) is 0 Å². The molecular weight excluding hydrogens is 296 g/mol. The molecule has 2 aliphatic rings. The molecule has 6 heteroatoms. The lowest BCUT2D eigenvalue weighted by Gasteiger charge is -2.40. The molecule has 0 aromatic heterocycles. The van der Waals surface area contributed by atoms with E-state index in [9.17, 15) is 15.0 Å². The predicted octanol–water partition coefficient (Wildman–Crippen LogP) is 0.481. The zero-order valence-electron chi connectivity index (χ0n) is 13.4. The number of aliphatic hydroxyl groups excluding tert-OH is 1. The summed E-state index contributed by atoms with van der Waals surface area (Å²) in [6.07, 6.45) is -0.546. The second-order valence-electron chi connectivity index (χ2n) is 6.49. The van der Waals surface area contributed by atoms with Crippen molar-refractivity contribution in [2.24, 2.45) is 0 Å². The van der Waals surface area contributed by atoms with Gasteiger partial charge in [-0.15, -0.1) is 0 Å². The molecule has 1 aromatic rings. The normalized spacial score (nSPS) is 28.7. The second-order valence-corrected chi connectivity index (χ2v) is 6.49. The van der Waals surface area contributed by atoms with Crippen LogP contribution in [0.1, 0.15) is 23.7 Å². The highest BCUT2D eigenvalue weighted by molar-refractivity contribution is 6.00. The topological polar surface area (TPSA) is 73.2 Å². The third kappa shape index (κ3) is 3.34. The van der Waals surface area contributed by atoms with Crippen LogP contribution in [-0.4, -0.2) is 72.1 Å². The van der Waals surface area contributed by atoms with Crippen LogP contribution in [0.15, 0.2) is 24.3 Å². The van der Waals surface area contributed by atoms with E-state index in [4.69, 9.17) is 4.74 Å². The molecule has 1 amide bonds. The summed E-state index contributed by atoms with van der Waals surface area (Å²) >= 11 is 0. The zero-order valence-corrected chi connectivity index (χ0v) is 13.4. The molecular formula is C17H24N2O4. The van der Waals surface area contributed by atoms with E-state index in [0.29, 0.717) is 31.7 Å². The van der Waals surface area contributed by atoms with Crippen molar-refractivity contribution < 1.29 is 19.7 Å². The average Bonchev–Trinajstić information content (AvgIpc) is 2.57. The Labute approximate surface area is 136 Å². The number of carbonyl (C=O) groups excluding carboxylic acids is 1. The van der Waals surface area contributed by atoms with Crippen LogP contribution in [0.25, 0.3) is 0 Å². The molecule has 0 radical (unpaired) electrons. The van der Waals surface area contributed by atoms with Gasteiger partial charge >= 0.3 is 0 Å². The third-order valence-electron chi connectivity index (χ3n) is 4.77. The largest absolute Gasteiger partial charge is 0.388 e. The zero-order chi connectivity index (χ0) is 16.4. The van der Waals surface area contributed by atoms with Crippen LogP contribution in [0, 0.1) is 0 Å². The molecule has 2 fully saturated rings. The average molecular weight is 320 g/mol. The lowest BCUT2D eigenvalue weighted by Crippen LogP contribution is -2.55. The minimum absolute atomic E-state index is 0.0957. The van der Waals surface area contributed by atoms with E-state index in [1.54, 1.807) is 11.8 Å². The maximum Gasteiger partial charge on any atom is 0.256 e. The molecule has 0 bridgehead atoms. The number of likely N-dealkylation sites (tertiary alicyclic amines) is 1. The number of anilines is 1. The van der Waals surface area contributed by atoms with Gasteiger partial charge in [0.1, 0.15) is 0 Å². The first kappa shape index (κ1) is 16.2. The van der Waals surface area contributed by atoms with Gasteiger partial charge in [0.05, 0.1) is 30.5 Å². The summed E-state index contributed by atoms with van der Waals surface area (Å²) < 4.78 is 5.38. The van der Waals surface area contributed by atoms with Gasteiger partial charge in [-0.2, -0.15) is 0 Å². The summed E-state index contributed by atoms with van der Waals surface area (Å²) in [7, 11) is 0. The number of amides is 1. The Morgan fingerprint density at radius 2 is 1.96 bits per heavy atom. The minimum Gasteiger partial charge on any atom is -0.388 e. The molecule has 0 unspecified atom stereocenters. The maximum absolute atomic E-state index is 12.9. The SMILES string of the molecule is C[C@@]1(O)CCN(C(=O)c2ccccc2N2CCOCC2)C[C@@H]1O. The molecule has 126 valence electrons. The van der Waals surface area contributed by atoms with E-state index in [0.717, 1.165) is 18.8 Å². The number of rotatable bonds is 2. The highest BCUT2D eigenvalue weighted by Gasteiger charge is 2.38. The van der Waals surface area contributed by atoms with Crippen LogP contribution in [-0.2, 0) is 4.74 Å². The van der Waals surface area contributed by atoms with Crippen LogP contribution < -0.4 is 4.90 Å². The summed E-state index contributed by atoms with van der Waals surface area (Å²) in [5.74, 6) is -0.0957. The first-order chi connectivity index (χ1) is 11.0. The van der Waals surface area contributed by atoms with E-state index in [2.05, 4.69) is 4.90 Å². The van der Waals surface area contributed by atoms with Gasteiger partial charge in [-0.25, -0.2) is 0 Å². The number of morpholine rings is 1. The summed E-state index contributed by atoms with van der Waals surface area (Å²) in [5.41, 5.74) is 0.427. The monoisotopic (exact) mass is 320 g/mol. The Morgan fingerprint density at radius 3 is 2.65 bits per heavy atom. The number of aliphatic hydroxyl groups is 2. The van der Waals surface area contributed by atoms with Crippen LogP contribution in [0.4, 0.5) is 5.69 Å². The Hall–Kier alpha value is -1.63. The van der Waals surface area contributed by atoms with E-state index in [1.165, 1.54) is 0 Å². The van der Waals surface area contributed by atoms with Crippen molar-refractivity contribution in [3.05, 3.63) is 29.8 Å². The fourth-order valence-corrected chi connectivity index (χ4v) is 3.11. The highest BCUT2D eigenvalue weighted by atomic mass is 16.5. The van der Waals surface area contributed by atoms with Crippen LogP contribution in [0.3, 0.4) is 0 Å². The number of hydrogen-bond acceptors (Lipinski definition) is 5. The van der Waals surface area contributed by atoms with Crippen molar-refractivity contribution in [1.82, 2.24) is 4.90 Å². The first-order valence-electron chi connectivity index (χ1n) is 8.10. The maximum atomic E-state index is 12.9. The Kier molecular flexibility index (Phi) is 4.57. The number of carbonyl (C=O) groups is 1. The predicted molar refractivity (Wildman–Crippen MR) is 86.6 cm³/mol. The molecule has 1 aromatic carbocycles. The van der Waals surface area contributed by atoms with Gasteiger partial charge in [0, 0.05) is 31.9 Å². The lowest BCUT2D eigenvalue weighted by molar-refractivity contribution is -0.0999. The highest BCUT2D eigenvalue weighted by Crippen LogP contribution is 2.27. The van der Waals surface area contributed by atoms with Crippen LogP contribution in [0.5, 0.6) is 0 Å². The number of benzene rings is 1. The molecule has 3 rings (SSSR count). The molecule has 2 saturated heterocycles. The Morgan fingerprint density at radius 1 is 1.26 bits per heavy atom. The van der Waals surface area contributed by atoms with Crippen molar-refractivity contribution >= 4 is 11.6 Å². The van der Waals surface area contributed by atoms with Crippen molar-refractivity contribution in [2.45, 2.75) is 25.0 Å². The van der Waals surface area contributed by atoms with Gasteiger partial charge < -0.3 is 24.7 Å². The number of β-amino-alcohol motifs (C(OH)–C–C–N with tert-alkyl or cyclic N) is 1. The molecule has 2 heterocycles. The van der Waals surface area contributed by atoms with Gasteiger partial charge in [0.25, 0.3) is 5.91 Å². The van der Waals surface area contributed by atoms with E-state index in [1.807, 2.05) is 24.3 Å². The Bertz CT molecular complexity index is 569.